The van der Waals surface area contributed by atoms with Crippen LogP contribution in [-0.4, -0.2) is 5.11 Å². The molecular weight excluding hydrogens is 295 g/mol. The van der Waals surface area contributed by atoms with Gasteiger partial charge in [0.25, 0.3) is 0 Å². The molecular formula is C16H16Cl2O2. The van der Waals surface area contributed by atoms with E-state index >= 15 is 0 Å². The monoisotopic (exact) mass is 310 g/mol. The number of aliphatic hydroxyl groups is 1. The van der Waals surface area contributed by atoms with Gasteiger partial charge in [0.1, 0.15) is 11.5 Å². The van der Waals surface area contributed by atoms with Crippen molar-refractivity contribution in [3.05, 3.63) is 57.6 Å². The maximum Gasteiger partial charge on any atom is 0.146 e. The van der Waals surface area contributed by atoms with Gasteiger partial charge in [0, 0.05) is 5.02 Å². The van der Waals surface area contributed by atoms with E-state index in [1.54, 1.807) is 31.2 Å². The lowest BCUT2D eigenvalue weighted by molar-refractivity contribution is 0.199. The number of aliphatic hydroxyl groups excluding tert-OH is 1. The Kier molecular flexibility index (Phi) is 4.92. The van der Waals surface area contributed by atoms with Gasteiger partial charge in [-0.05, 0) is 54.8 Å². The van der Waals surface area contributed by atoms with Crippen molar-refractivity contribution >= 4 is 23.2 Å². The highest BCUT2D eigenvalue weighted by Crippen LogP contribution is 2.33. The Morgan fingerprint density at radius 2 is 1.85 bits per heavy atom. The standard InChI is InChI=1S/C16H16Cl2O2/c1-3-11-8-13(5-6-14(11)17)20-16-7-4-12(10(2)19)9-15(16)18/h4-10,19H,3H2,1-2H3/t10-/m0/s1. The maximum atomic E-state index is 9.51. The number of ether oxygens (including phenoxy) is 1. The molecule has 0 bridgehead atoms. The number of halogens is 2. The average Bonchev–Trinajstić information content (AvgIpc) is 2.42. The van der Waals surface area contributed by atoms with Gasteiger partial charge in [-0.1, -0.05) is 36.2 Å². The first-order valence-corrected chi connectivity index (χ1v) is 7.20. The molecule has 2 nitrogen and oxygen atoms in total. The summed E-state index contributed by atoms with van der Waals surface area (Å²) in [4.78, 5) is 0. The first kappa shape index (κ1) is 15.2. The van der Waals surface area contributed by atoms with Crippen LogP contribution in [0.1, 0.15) is 31.1 Å². The van der Waals surface area contributed by atoms with E-state index in [1.165, 1.54) is 0 Å². The molecule has 0 heterocycles. The fourth-order valence-corrected chi connectivity index (χ4v) is 2.35. The van der Waals surface area contributed by atoms with E-state index in [-0.39, 0.29) is 0 Å². The lowest BCUT2D eigenvalue weighted by atomic mass is 10.1. The molecule has 106 valence electrons. The molecule has 0 radical (unpaired) electrons. The third-order valence-corrected chi connectivity index (χ3v) is 3.73. The Labute approximate surface area is 128 Å². The van der Waals surface area contributed by atoms with Crippen molar-refractivity contribution in [2.24, 2.45) is 0 Å². The summed E-state index contributed by atoms with van der Waals surface area (Å²) >= 11 is 12.2. The van der Waals surface area contributed by atoms with Gasteiger partial charge in [-0.3, -0.25) is 0 Å². The summed E-state index contributed by atoms with van der Waals surface area (Å²) in [7, 11) is 0. The summed E-state index contributed by atoms with van der Waals surface area (Å²) in [6, 6.07) is 10.8. The summed E-state index contributed by atoms with van der Waals surface area (Å²) in [6.45, 7) is 3.73. The Bertz CT molecular complexity index is 609. The molecule has 0 saturated carbocycles. The second-order valence-electron chi connectivity index (χ2n) is 4.57. The molecule has 0 aliphatic rings. The van der Waals surface area contributed by atoms with E-state index in [0.29, 0.717) is 16.5 Å². The highest BCUT2D eigenvalue weighted by Gasteiger charge is 2.08. The van der Waals surface area contributed by atoms with E-state index in [2.05, 4.69) is 0 Å². The minimum Gasteiger partial charge on any atom is -0.456 e. The molecule has 4 heteroatoms. The highest BCUT2D eigenvalue weighted by atomic mass is 35.5. The zero-order valence-corrected chi connectivity index (χ0v) is 12.9. The van der Waals surface area contributed by atoms with Gasteiger partial charge < -0.3 is 9.84 Å². The van der Waals surface area contributed by atoms with Crippen molar-refractivity contribution in [1.29, 1.82) is 0 Å². The molecule has 0 unspecified atom stereocenters. The Morgan fingerprint density at radius 3 is 2.45 bits per heavy atom. The first-order chi connectivity index (χ1) is 9.51. The van der Waals surface area contributed by atoms with Crippen LogP contribution in [0.4, 0.5) is 0 Å². The van der Waals surface area contributed by atoms with Crippen molar-refractivity contribution < 1.29 is 9.84 Å². The number of aryl methyl sites for hydroxylation is 1. The molecule has 2 rings (SSSR count). The van der Waals surface area contributed by atoms with Crippen LogP contribution in [0.15, 0.2) is 36.4 Å². The Morgan fingerprint density at radius 1 is 1.10 bits per heavy atom. The van der Waals surface area contributed by atoms with E-state index in [9.17, 15) is 5.11 Å². The number of benzene rings is 2. The average molecular weight is 311 g/mol. The Hall–Kier alpha value is -1.22. The third-order valence-electron chi connectivity index (χ3n) is 3.06. The van der Waals surface area contributed by atoms with Crippen LogP contribution >= 0.6 is 23.2 Å². The molecule has 0 aromatic heterocycles. The molecule has 0 aliphatic heterocycles. The van der Waals surface area contributed by atoms with Crippen LogP contribution in [-0.2, 0) is 6.42 Å². The number of hydrogen-bond donors (Lipinski definition) is 1. The molecule has 0 aliphatic carbocycles. The van der Waals surface area contributed by atoms with Gasteiger partial charge in [0.05, 0.1) is 11.1 Å². The predicted octanol–water partition coefficient (Wildman–Crippen LogP) is 5.40. The second-order valence-corrected chi connectivity index (χ2v) is 5.39. The molecule has 1 atom stereocenters. The lowest BCUT2D eigenvalue weighted by Crippen LogP contribution is -1.93. The molecule has 1 N–H and O–H groups in total. The van der Waals surface area contributed by atoms with Crippen molar-refractivity contribution in [3.63, 3.8) is 0 Å². The van der Waals surface area contributed by atoms with Crippen LogP contribution in [0.2, 0.25) is 10.0 Å². The van der Waals surface area contributed by atoms with Crippen LogP contribution in [0.25, 0.3) is 0 Å². The Balaban J connectivity index is 2.26. The largest absolute Gasteiger partial charge is 0.456 e. The summed E-state index contributed by atoms with van der Waals surface area (Å²) < 4.78 is 5.77. The van der Waals surface area contributed by atoms with Crippen LogP contribution in [0.5, 0.6) is 11.5 Å². The quantitative estimate of drug-likeness (QED) is 0.819. The first-order valence-electron chi connectivity index (χ1n) is 6.45. The summed E-state index contributed by atoms with van der Waals surface area (Å²) in [6.07, 6.45) is 0.286. The zero-order valence-electron chi connectivity index (χ0n) is 11.4. The van der Waals surface area contributed by atoms with Gasteiger partial charge >= 0.3 is 0 Å². The fraction of sp³-hybridized carbons (Fsp3) is 0.250. The van der Waals surface area contributed by atoms with E-state index in [0.717, 1.165) is 22.6 Å². The summed E-state index contributed by atoms with van der Waals surface area (Å²) in [5.41, 5.74) is 1.79. The minimum atomic E-state index is -0.552. The van der Waals surface area contributed by atoms with Crippen LogP contribution in [0.3, 0.4) is 0 Å². The van der Waals surface area contributed by atoms with Gasteiger partial charge in [0.15, 0.2) is 0 Å². The second kappa shape index (κ2) is 6.49. The summed E-state index contributed by atoms with van der Waals surface area (Å²) in [5.74, 6) is 1.25. The molecule has 0 amide bonds. The van der Waals surface area contributed by atoms with E-state index < -0.39 is 6.10 Å². The number of hydrogen-bond acceptors (Lipinski definition) is 2. The van der Waals surface area contributed by atoms with E-state index in [4.69, 9.17) is 27.9 Å². The van der Waals surface area contributed by atoms with Crippen LogP contribution < -0.4 is 4.74 Å². The highest BCUT2D eigenvalue weighted by molar-refractivity contribution is 6.32. The van der Waals surface area contributed by atoms with Crippen molar-refractivity contribution in [3.8, 4) is 11.5 Å². The zero-order chi connectivity index (χ0) is 14.7. The van der Waals surface area contributed by atoms with Crippen molar-refractivity contribution in [2.75, 3.05) is 0 Å². The van der Waals surface area contributed by atoms with Gasteiger partial charge in [-0.15, -0.1) is 0 Å². The smallest absolute Gasteiger partial charge is 0.146 e. The van der Waals surface area contributed by atoms with Gasteiger partial charge in [0.2, 0.25) is 0 Å². The molecule has 20 heavy (non-hydrogen) atoms. The normalized spacial score (nSPS) is 12.2. The van der Waals surface area contributed by atoms with Gasteiger partial charge in [-0.25, -0.2) is 0 Å². The molecule has 0 saturated heterocycles. The number of rotatable bonds is 4. The predicted molar refractivity (Wildman–Crippen MR) is 83.0 cm³/mol. The van der Waals surface area contributed by atoms with E-state index in [1.807, 2.05) is 19.1 Å². The lowest BCUT2D eigenvalue weighted by Gasteiger charge is -2.11. The van der Waals surface area contributed by atoms with Crippen molar-refractivity contribution in [1.82, 2.24) is 0 Å². The third kappa shape index (κ3) is 3.45. The molecule has 0 fully saturated rings. The maximum absolute atomic E-state index is 9.51. The topological polar surface area (TPSA) is 29.5 Å². The SMILES string of the molecule is CCc1cc(Oc2ccc([C@H](C)O)cc2Cl)ccc1Cl. The minimum absolute atomic E-state index is 0.469. The van der Waals surface area contributed by atoms with Crippen LogP contribution in [0, 0.1) is 0 Å². The molecule has 2 aromatic carbocycles. The van der Waals surface area contributed by atoms with Crippen molar-refractivity contribution in [2.45, 2.75) is 26.4 Å². The molecule has 0 spiro atoms. The molecule has 2 aromatic rings. The van der Waals surface area contributed by atoms with Gasteiger partial charge in [-0.2, -0.15) is 0 Å². The summed E-state index contributed by atoms with van der Waals surface area (Å²) in [5, 5.41) is 10.7. The fourth-order valence-electron chi connectivity index (χ4n) is 1.87.